The van der Waals surface area contributed by atoms with Crippen LogP contribution in [-0.4, -0.2) is 11.0 Å². The maximum Gasteiger partial charge on any atom is 0.235 e. The van der Waals surface area contributed by atoms with Crippen molar-refractivity contribution in [3.05, 3.63) is 24.3 Å². The van der Waals surface area contributed by atoms with Gasteiger partial charge in [-0.15, -0.1) is 0 Å². The number of nitrogens with one attached hydrogen (secondary N) is 2. The van der Waals surface area contributed by atoms with Crippen LogP contribution in [0.15, 0.2) is 24.3 Å². The lowest BCUT2D eigenvalue weighted by atomic mass is 10.3. The quantitative estimate of drug-likeness (QED) is 0.451. The first kappa shape index (κ1) is 8.39. The lowest BCUT2D eigenvalue weighted by Crippen LogP contribution is -2.26. The van der Waals surface area contributed by atoms with Gasteiger partial charge in [-0.1, -0.05) is 12.1 Å². The molecule has 0 unspecified atom stereocenters. The van der Waals surface area contributed by atoms with Crippen LogP contribution in [0.3, 0.4) is 0 Å². The van der Waals surface area contributed by atoms with Gasteiger partial charge in [0.2, 0.25) is 5.91 Å². The Morgan fingerprint density at radius 3 is 2.67 bits per heavy atom. The normalized spacial score (nSPS) is 9.08. The maximum atomic E-state index is 10.5. The Balaban J connectivity index is 2.63. The van der Waals surface area contributed by atoms with Gasteiger partial charge in [0, 0.05) is 6.92 Å². The van der Waals surface area contributed by atoms with E-state index >= 15 is 0 Å². The summed E-state index contributed by atoms with van der Waals surface area (Å²) >= 11 is 0. The van der Waals surface area contributed by atoms with Crippen LogP contribution in [0.5, 0.6) is 5.75 Å². The first-order valence-electron chi connectivity index (χ1n) is 3.51. The molecule has 0 heterocycles. The predicted octanol–water partition coefficient (Wildman–Crippen LogP) is 0.855. The number of carbonyl (C=O) groups is 1. The number of phenolic OH excluding ortho intramolecular Hbond substituents is 1. The van der Waals surface area contributed by atoms with E-state index in [2.05, 4.69) is 10.9 Å². The molecule has 0 aliphatic heterocycles. The summed E-state index contributed by atoms with van der Waals surface area (Å²) in [5.41, 5.74) is 5.40. The third-order valence-electron chi connectivity index (χ3n) is 1.28. The molecule has 64 valence electrons. The topological polar surface area (TPSA) is 61.4 Å². The second-order valence-corrected chi connectivity index (χ2v) is 2.32. The molecule has 0 aliphatic rings. The highest BCUT2D eigenvalue weighted by molar-refractivity contribution is 5.75. The van der Waals surface area contributed by atoms with Crippen molar-refractivity contribution in [3.8, 4) is 5.75 Å². The summed E-state index contributed by atoms with van der Waals surface area (Å²) in [6.45, 7) is 1.38. The zero-order valence-corrected chi connectivity index (χ0v) is 6.66. The number of para-hydroxylation sites is 2. The fraction of sp³-hybridized carbons (Fsp3) is 0.125. The van der Waals surface area contributed by atoms with Crippen molar-refractivity contribution < 1.29 is 9.90 Å². The molecule has 0 saturated carbocycles. The third-order valence-corrected chi connectivity index (χ3v) is 1.28. The van der Waals surface area contributed by atoms with E-state index in [0.717, 1.165) is 0 Å². The van der Waals surface area contributed by atoms with Crippen LogP contribution in [0.4, 0.5) is 5.69 Å². The molecule has 4 nitrogen and oxygen atoms in total. The van der Waals surface area contributed by atoms with Gasteiger partial charge in [-0.3, -0.25) is 15.6 Å². The molecular weight excluding hydrogens is 156 g/mol. The third kappa shape index (κ3) is 2.16. The minimum Gasteiger partial charge on any atom is -0.506 e. The molecule has 0 saturated heterocycles. The molecule has 0 bridgehead atoms. The van der Waals surface area contributed by atoms with Gasteiger partial charge in [-0.2, -0.15) is 0 Å². The number of carbonyl (C=O) groups excluding carboxylic acids is 1. The van der Waals surface area contributed by atoms with Crippen molar-refractivity contribution in [2.75, 3.05) is 5.43 Å². The first-order chi connectivity index (χ1) is 5.70. The van der Waals surface area contributed by atoms with Gasteiger partial charge < -0.3 is 5.11 Å². The number of aromatic hydroxyl groups is 1. The number of benzene rings is 1. The summed E-state index contributed by atoms with van der Waals surface area (Å²) in [6, 6.07) is 6.65. The van der Waals surface area contributed by atoms with Crippen LogP contribution in [-0.2, 0) is 4.79 Å². The second kappa shape index (κ2) is 3.61. The molecule has 0 aromatic heterocycles. The minimum atomic E-state index is -0.210. The van der Waals surface area contributed by atoms with Gasteiger partial charge in [0.15, 0.2) is 0 Å². The predicted molar refractivity (Wildman–Crippen MR) is 45.5 cm³/mol. The van der Waals surface area contributed by atoms with Gasteiger partial charge in [-0.05, 0) is 12.1 Å². The molecular formula is C8H10N2O2. The Morgan fingerprint density at radius 1 is 1.42 bits per heavy atom. The Labute approximate surface area is 70.2 Å². The SMILES string of the molecule is CC(=O)NNc1ccccc1O. The van der Waals surface area contributed by atoms with Crippen LogP contribution < -0.4 is 10.9 Å². The second-order valence-electron chi connectivity index (χ2n) is 2.32. The van der Waals surface area contributed by atoms with Crippen LogP contribution in [0, 0.1) is 0 Å². The van der Waals surface area contributed by atoms with E-state index in [-0.39, 0.29) is 11.7 Å². The average Bonchev–Trinajstić information content (AvgIpc) is 2.03. The summed E-state index contributed by atoms with van der Waals surface area (Å²) in [5.74, 6) is -0.107. The van der Waals surface area contributed by atoms with E-state index in [1.54, 1.807) is 18.2 Å². The van der Waals surface area contributed by atoms with Crippen LogP contribution in [0.2, 0.25) is 0 Å². The van der Waals surface area contributed by atoms with E-state index in [1.165, 1.54) is 13.0 Å². The van der Waals surface area contributed by atoms with Crippen molar-refractivity contribution >= 4 is 11.6 Å². The lowest BCUT2D eigenvalue weighted by Gasteiger charge is -2.06. The summed E-state index contributed by atoms with van der Waals surface area (Å²) in [6.07, 6.45) is 0. The zero-order chi connectivity index (χ0) is 8.97. The van der Waals surface area contributed by atoms with Crippen molar-refractivity contribution in [1.82, 2.24) is 5.43 Å². The number of hydrogen-bond acceptors (Lipinski definition) is 3. The molecule has 0 fully saturated rings. The average molecular weight is 166 g/mol. The van der Waals surface area contributed by atoms with Crippen LogP contribution >= 0.6 is 0 Å². The molecule has 12 heavy (non-hydrogen) atoms. The van der Waals surface area contributed by atoms with Gasteiger partial charge in [0.25, 0.3) is 0 Å². The number of phenols is 1. The van der Waals surface area contributed by atoms with E-state index < -0.39 is 0 Å². The summed E-state index contributed by atoms with van der Waals surface area (Å²) < 4.78 is 0. The number of rotatable bonds is 2. The highest BCUT2D eigenvalue weighted by atomic mass is 16.3. The zero-order valence-electron chi connectivity index (χ0n) is 6.66. The summed E-state index contributed by atoms with van der Waals surface area (Å²) in [4.78, 5) is 10.5. The summed E-state index contributed by atoms with van der Waals surface area (Å²) in [7, 11) is 0. The van der Waals surface area contributed by atoms with E-state index in [1.807, 2.05) is 0 Å². The molecule has 1 aromatic carbocycles. The number of hydrazine groups is 1. The van der Waals surface area contributed by atoms with Crippen molar-refractivity contribution in [1.29, 1.82) is 0 Å². The Bertz CT molecular complexity index is 286. The number of hydrogen-bond donors (Lipinski definition) is 3. The first-order valence-corrected chi connectivity index (χ1v) is 3.51. The number of amides is 1. The Morgan fingerprint density at radius 2 is 2.08 bits per heavy atom. The highest BCUT2D eigenvalue weighted by Crippen LogP contribution is 2.19. The Hall–Kier alpha value is -1.71. The fourth-order valence-corrected chi connectivity index (χ4v) is 0.735. The molecule has 3 N–H and O–H groups in total. The van der Waals surface area contributed by atoms with Gasteiger partial charge in [0.1, 0.15) is 5.75 Å². The van der Waals surface area contributed by atoms with Crippen LogP contribution in [0.1, 0.15) is 6.92 Å². The van der Waals surface area contributed by atoms with Crippen molar-refractivity contribution in [2.45, 2.75) is 6.92 Å². The monoisotopic (exact) mass is 166 g/mol. The summed E-state index contributed by atoms with van der Waals surface area (Å²) in [5, 5.41) is 9.21. The highest BCUT2D eigenvalue weighted by Gasteiger charge is 1.97. The molecule has 1 aromatic rings. The largest absolute Gasteiger partial charge is 0.506 e. The standard InChI is InChI=1S/C8H10N2O2/c1-6(11)9-10-7-4-2-3-5-8(7)12/h2-5,10,12H,1H3,(H,9,11). The van der Waals surface area contributed by atoms with E-state index in [9.17, 15) is 9.90 Å². The van der Waals surface area contributed by atoms with Crippen LogP contribution in [0.25, 0.3) is 0 Å². The Kier molecular flexibility index (Phi) is 2.53. The number of anilines is 1. The van der Waals surface area contributed by atoms with Gasteiger partial charge >= 0.3 is 0 Å². The minimum absolute atomic E-state index is 0.103. The van der Waals surface area contributed by atoms with Crippen molar-refractivity contribution in [3.63, 3.8) is 0 Å². The maximum absolute atomic E-state index is 10.5. The van der Waals surface area contributed by atoms with E-state index in [4.69, 9.17) is 0 Å². The fourth-order valence-electron chi connectivity index (χ4n) is 0.735. The molecule has 1 amide bonds. The molecule has 4 heteroatoms. The molecule has 0 atom stereocenters. The molecule has 0 radical (unpaired) electrons. The molecule has 1 rings (SSSR count). The van der Waals surface area contributed by atoms with Crippen molar-refractivity contribution in [2.24, 2.45) is 0 Å². The molecule has 0 spiro atoms. The molecule has 0 aliphatic carbocycles. The smallest absolute Gasteiger partial charge is 0.235 e. The van der Waals surface area contributed by atoms with Gasteiger partial charge in [-0.25, -0.2) is 0 Å². The van der Waals surface area contributed by atoms with Gasteiger partial charge in [0.05, 0.1) is 5.69 Å². The van der Waals surface area contributed by atoms with E-state index in [0.29, 0.717) is 5.69 Å². The lowest BCUT2D eigenvalue weighted by molar-refractivity contribution is -0.118.